The molecule has 1 amide bonds. The van der Waals surface area contributed by atoms with E-state index in [1.54, 1.807) is 24.1 Å². The van der Waals surface area contributed by atoms with Gasteiger partial charge in [-0.25, -0.2) is 4.98 Å². The van der Waals surface area contributed by atoms with E-state index < -0.39 is 0 Å². The molecule has 0 bridgehead atoms. The highest BCUT2D eigenvalue weighted by molar-refractivity contribution is 5.92. The summed E-state index contributed by atoms with van der Waals surface area (Å²) >= 11 is 0. The maximum Gasteiger partial charge on any atom is 0.272 e. The van der Waals surface area contributed by atoms with Crippen LogP contribution in [0.4, 0.5) is 5.82 Å². The molecular formula is C14H23N3O2. The number of nitrogens with zero attached hydrogens (tertiary/aromatic N) is 2. The minimum absolute atomic E-state index is 0.0338. The van der Waals surface area contributed by atoms with Gasteiger partial charge in [-0.1, -0.05) is 19.9 Å². The summed E-state index contributed by atoms with van der Waals surface area (Å²) in [7, 11) is 1.77. The Morgan fingerprint density at radius 1 is 1.42 bits per heavy atom. The lowest BCUT2D eigenvalue weighted by Crippen LogP contribution is -2.42. The van der Waals surface area contributed by atoms with Gasteiger partial charge in [0.05, 0.1) is 6.61 Å². The predicted octanol–water partition coefficient (Wildman–Crippen LogP) is 1.75. The van der Waals surface area contributed by atoms with Crippen LogP contribution in [0.15, 0.2) is 18.2 Å². The number of anilines is 1. The van der Waals surface area contributed by atoms with Crippen LogP contribution in [0.3, 0.4) is 0 Å². The minimum Gasteiger partial charge on any atom is -0.395 e. The number of hydrogen-bond acceptors (Lipinski definition) is 4. The van der Waals surface area contributed by atoms with Crippen LogP contribution < -0.4 is 5.32 Å². The Morgan fingerprint density at radius 3 is 2.63 bits per heavy atom. The van der Waals surface area contributed by atoms with Crippen LogP contribution in [0, 0.1) is 0 Å². The van der Waals surface area contributed by atoms with Gasteiger partial charge in [-0.3, -0.25) is 4.79 Å². The summed E-state index contributed by atoms with van der Waals surface area (Å²) in [5.74, 6) is 0.541. The minimum atomic E-state index is -0.125. The van der Waals surface area contributed by atoms with E-state index in [0.717, 1.165) is 12.8 Å². The zero-order chi connectivity index (χ0) is 14.3. The molecule has 0 atom stereocenters. The number of aliphatic hydroxyl groups is 1. The van der Waals surface area contributed by atoms with Gasteiger partial charge >= 0.3 is 0 Å². The average molecular weight is 265 g/mol. The second-order valence-corrected chi connectivity index (χ2v) is 4.35. The Labute approximate surface area is 114 Å². The normalized spacial score (nSPS) is 10.6. The zero-order valence-corrected chi connectivity index (χ0v) is 11.9. The van der Waals surface area contributed by atoms with Gasteiger partial charge in [-0.05, 0) is 25.0 Å². The SMILES string of the molecule is CCC(CC)N(CCO)C(=O)c1cccc(NC)n1. The van der Waals surface area contributed by atoms with Crippen LogP contribution in [0.5, 0.6) is 0 Å². The van der Waals surface area contributed by atoms with E-state index >= 15 is 0 Å². The fraction of sp³-hybridized carbons (Fsp3) is 0.571. The molecule has 0 aliphatic heterocycles. The molecule has 0 fully saturated rings. The lowest BCUT2D eigenvalue weighted by molar-refractivity contribution is 0.0616. The molecule has 0 aromatic carbocycles. The topological polar surface area (TPSA) is 65.5 Å². The van der Waals surface area contributed by atoms with Crippen molar-refractivity contribution in [3.63, 3.8) is 0 Å². The second kappa shape index (κ2) is 7.74. The Hall–Kier alpha value is -1.62. The van der Waals surface area contributed by atoms with Gasteiger partial charge in [0.2, 0.25) is 0 Å². The quantitative estimate of drug-likeness (QED) is 0.788. The number of amides is 1. The van der Waals surface area contributed by atoms with Gasteiger partial charge in [0, 0.05) is 19.6 Å². The van der Waals surface area contributed by atoms with Gasteiger partial charge < -0.3 is 15.3 Å². The highest BCUT2D eigenvalue weighted by atomic mass is 16.3. The molecule has 0 spiro atoms. The second-order valence-electron chi connectivity index (χ2n) is 4.35. The first kappa shape index (κ1) is 15.4. The summed E-state index contributed by atoms with van der Waals surface area (Å²) in [4.78, 5) is 18.5. The van der Waals surface area contributed by atoms with Gasteiger partial charge in [-0.15, -0.1) is 0 Å². The molecule has 1 rings (SSSR count). The van der Waals surface area contributed by atoms with Crippen LogP contribution in [0.2, 0.25) is 0 Å². The molecule has 0 saturated heterocycles. The first-order valence-corrected chi connectivity index (χ1v) is 6.74. The Kier molecular flexibility index (Phi) is 6.29. The molecular weight excluding hydrogens is 242 g/mol. The van der Waals surface area contributed by atoms with Crippen molar-refractivity contribution >= 4 is 11.7 Å². The van der Waals surface area contributed by atoms with Gasteiger partial charge in [0.25, 0.3) is 5.91 Å². The molecule has 0 aliphatic carbocycles. The average Bonchev–Trinajstić information content (AvgIpc) is 2.47. The van der Waals surface area contributed by atoms with Crippen molar-refractivity contribution in [1.82, 2.24) is 9.88 Å². The summed E-state index contributed by atoms with van der Waals surface area (Å²) in [5.41, 5.74) is 0.409. The largest absolute Gasteiger partial charge is 0.395 e. The van der Waals surface area contributed by atoms with Crippen LogP contribution in [0.1, 0.15) is 37.2 Å². The standard InChI is InChI=1S/C14H23N3O2/c1-4-11(5-2)17(9-10-18)14(19)12-7-6-8-13(15-3)16-12/h6-8,11,18H,4-5,9-10H2,1-3H3,(H,15,16). The molecule has 0 saturated carbocycles. The highest BCUT2D eigenvalue weighted by Crippen LogP contribution is 2.13. The number of carbonyl (C=O) groups excluding carboxylic acids is 1. The van der Waals surface area contributed by atoms with E-state index in [1.165, 1.54) is 0 Å². The van der Waals surface area contributed by atoms with Crippen LogP contribution in [-0.2, 0) is 0 Å². The highest BCUT2D eigenvalue weighted by Gasteiger charge is 2.22. The van der Waals surface area contributed by atoms with E-state index in [4.69, 9.17) is 5.11 Å². The van der Waals surface area contributed by atoms with Gasteiger partial charge in [0.1, 0.15) is 11.5 Å². The van der Waals surface area contributed by atoms with Crippen molar-refractivity contribution in [2.24, 2.45) is 0 Å². The maximum absolute atomic E-state index is 12.5. The number of nitrogens with one attached hydrogen (secondary N) is 1. The van der Waals surface area contributed by atoms with E-state index in [9.17, 15) is 4.79 Å². The van der Waals surface area contributed by atoms with Crippen molar-refractivity contribution in [2.75, 3.05) is 25.5 Å². The van der Waals surface area contributed by atoms with Crippen molar-refractivity contribution in [3.05, 3.63) is 23.9 Å². The maximum atomic E-state index is 12.5. The van der Waals surface area contributed by atoms with Gasteiger partial charge in [-0.2, -0.15) is 0 Å². The van der Waals surface area contributed by atoms with E-state index in [2.05, 4.69) is 10.3 Å². The van der Waals surface area contributed by atoms with Crippen LogP contribution in [0.25, 0.3) is 0 Å². The van der Waals surface area contributed by atoms with Crippen molar-refractivity contribution < 1.29 is 9.90 Å². The fourth-order valence-electron chi connectivity index (χ4n) is 2.13. The van der Waals surface area contributed by atoms with Gasteiger partial charge in [0.15, 0.2) is 0 Å². The van der Waals surface area contributed by atoms with Crippen LogP contribution >= 0.6 is 0 Å². The molecule has 0 radical (unpaired) electrons. The summed E-state index contributed by atoms with van der Waals surface area (Å²) < 4.78 is 0. The third kappa shape index (κ3) is 3.92. The molecule has 106 valence electrons. The van der Waals surface area contributed by atoms with E-state index in [0.29, 0.717) is 18.1 Å². The molecule has 5 heteroatoms. The molecule has 1 aromatic rings. The molecule has 1 heterocycles. The monoisotopic (exact) mass is 265 g/mol. The summed E-state index contributed by atoms with van der Waals surface area (Å²) in [5, 5.41) is 12.1. The third-order valence-corrected chi connectivity index (χ3v) is 3.21. The molecule has 0 unspecified atom stereocenters. The smallest absolute Gasteiger partial charge is 0.272 e. The molecule has 2 N–H and O–H groups in total. The Balaban J connectivity index is 2.97. The number of aromatic nitrogens is 1. The Bertz CT molecular complexity index is 405. The molecule has 1 aromatic heterocycles. The summed E-state index contributed by atoms with van der Waals surface area (Å²) in [6.07, 6.45) is 1.74. The summed E-state index contributed by atoms with van der Waals surface area (Å²) in [6, 6.07) is 5.45. The molecule has 19 heavy (non-hydrogen) atoms. The molecule has 0 aliphatic rings. The number of pyridine rings is 1. The van der Waals surface area contributed by atoms with Crippen molar-refractivity contribution in [2.45, 2.75) is 32.7 Å². The number of hydrogen-bond donors (Lipinski definition) is 2. The van der Waals surface area contributed by atoms with E-state index in [1.807, 2.05) is 19.9 Å². The molecule has 5 nitrogen and oxygen atoms in total. The van der Waals surface area contributed by atoms with E-state index in [-0.39, 0.29) is 18.6 Å². The number of rotatable bonds is 7. The first-order chi connectivity index (χ1) is 9.17. The Morgan fingerprint density at radius 2 is 2.11 bits per heavy atom. The predicted molar refractivity (Wildman–Crippen MR) is 76.3 cm³/mol. The lowest BCUT2D eigenvalue weighted by atomic mass is 10.1. The lowest BCUT2D eigenvalue weighted by Gasteiger charge is -2.29. The van der Waals surface area contributed by atoms with Crippen molar-refractivity contribution in [3.8, 4) is 0 Å². The number of carbonyl (C=O) groups is 1. The van der Waals surface area contributed by atoms with Crippen molar-refractivity contribution in [1.29, 1.82) is 0 Å². The fourth-order valence-corrected chi connectivity index (χ4v) is 2.13. The summed E-state index contributed by atoms with van der Waals surface area (Å²) in [6.45, 7) is 4.40. The number of aliphatic hydroxyl groups excluding tert-OH is 1. The van der Waals surface area contributed by atoms with Crippen LogP contribution in [-0.4, -0.2) is 47.1 Å². The third-order valence-electron chi connectivity index (χ3n) is 3.21. The zero-order valence-electron chi connectivity index (χ0n) is 11.9. The first-order valence-electron chi connectivity index (χ1n) is 6.74.